The molecular formula is C68H87IN4O27S4. The van der Waals surface area contributed by atoms with E-state index in [2.05, 4.69) is 34.5 Å². The largest absolute Gasteiger partial charge is 0.492 e. The number of rotatable bonds is 27. The predicted octanol–water partition coefficient (Wildman–Crippen LogP) is 3.89. The number of halogens is 1. The Bertz CT molecular complexity index is 3530. The SMILES string of the molecule is CCN(C(=O)OCOC(=O)C1CCC(CN2C(=O)C=CC2=O)CC1)[C@H]1CO[C@@H](O[C@H]2C(OC3C#C/C=C\C#C[C@@]4(O)CC(=O)C(NC(=O)OC)=C3/C4=C\CSSSC)OC[C@@H](NO[C@H]3C[C@H](O)[C@H](SC(=O)c4c(C)c(I)c(O[C@@H]5O[C@@H](C)[C@H](O)[C@@H](OC)[C@H]5O)c(OC)c4OC)[C@@H](C)O3)[C@@H]2O)C[C@@H]1OC. The fourth-order valence-corrected chi connectivity index (χ4v) is 17.5. The summed E-state index contributed by atoms with van der Waals surface area (Å²) in [4.78, 5) is 102. The summed E-state index contributed by atoms with van der Waals surface area (Å²) in [6, 6.07) is -2.00. The molecule has 4 amide bonds. The van der Waals surface area contributed by atoms with Crippen LogP contribution in [0.1, 0.15) is 81.6 Å². The number of thioether (sulfide) groups is 1. The Morgan fingerprint density at radius 2 is 1.56 bits per heavy atom. The second-order valence-electron chi connectivity index (χ2n) is 25.2. The number of fused-ring (bicyclic) bond motifs is 2. The Hall–Kier alpha value is -5.28. The Balaban J connectivity index is 0.906. The smallest absolute Gasteiger partial charge is 0.413 e. The van der Waals surface area contributed by atoms with E-state index in [0.717, 1.165) is 18.9 Å². The van der Waals surface area contributed by atoms with Crippen molar-refractivity contribution in [2.75, 3.05) is 80.7 Å². The number of nitrogens with zero attached hydrogens (tertiary/aromatic N) is 2. The number of aliphatic hydroxyl groups is 5. The summed E-state index contributed by atoms with van der Waals surface area (Å²) in [5, 5.41) is 59.6. The number of Topliss-reactive ketones (excluding diaryl/α,β-unsaturated/α-hetero) is 1. The molecule has 1 aromatic rings. The van der Waals surface area contributed by atoms with Gasteiger partial charge in [0.2, 0.25) is 23.9 Å². The number of hydrogen-bond acceptors (Lipinski definition) is 32. The van der Waals surface area contributed by atoms with Gasteiger partial charge in [0.1, 0.15) is 36.6 Å². The van der Waals surface area contributed by atoms with Gasteiger partial charge in [-0.05, 0) is 116 Å². The number of carbonyl (C=O) groups excluding carboxylic acids is 7. The van der Waals surface area contributed by atoms with Crippen molar-refractivity contribution >= 4 is 107 Å². The zero-order valence-electron chi connectivity index (χ0n) is 58.7. The molecule has 5 heterocycles. The molecule has 31 nitrogen and oxygen atoms in total. The summed E-state index contributed by atoms with van der Waals surface area (Å²) in [6.45, 7) is 5.63. The summed E-state index contributed by atoms with van der Waals surface area (Å²) in [7, 11) is 10.9. The first-order valence-electron chi connectivity index (χ1n) is 33.4. The zero-order valence-corrected chi connectivity index (χ0v) is 64.1. The molecule has 3 aliphatic carbocycles. The fourth-order valence-electron chi connectivity index (χ4n) is 13.3. The van der Waals surface area contributed by atoms with Gasteiger partial charge in [0, 0.05) is 69.2 Å². The molecule has 8 aliphatic rings. The molecule has 36 heteroatoms. The highest BCUT2D eigenvalue weighted by Crippen LogP contribution is 2.49. The minimum absolute atomic E-state index is 0.00222. The number of alkyl carbamates (subject to hydrolysis) is 1. The molecule has 5 aliphatic heterocycles. The summed E-state index contributed by atoms with van der Waals surface area (Å²) >= 11 is 2.77. The van der Waals surface area contributed by atoms with Crippen LogP contribution >= 0.6 is 65.8 Å². The molecule has 2 unspecified atom stereocenters. The van der Waals surface area contributed by atoms with Crippen LogP contribution in [0.3, 0.4) is 0 Å². The predicted molar refractivity (Wildman–Crippen MR) is 382 cm³/mol. The maximum atomic E-state index is 14.5. The molecule has 1 aromatic carbocycles. The molecule has 5 fully saturated rings. The highest BCUT2D eigenvalue weighted by Gasteiger charge is 2.52. The third kappa shape index (κ3) is 19.4. The van der Waals surface area contributed by atoms with E-state index in [4.69, 9.17) is 71.2 Å². The number of aliphatic hydroxyl groups excluding tert-OH is 4. The summed E-state index contributed by atoms with van der Waals surface area (Å²) in [5.41, 5.74) is 0.852. The number of likely N-dealkylation sites (N-methyl/N-ethyl adjacent to an activating group) is 1. The third-order valence-electron chi connectivity index (χ3n) is 18.8. The normalized spacial score (nSPS) is 33.4. The van der Waals surface area contributed by atoms with E-state index in [1.807, 2.05) is 28.8 Å². The second kappa shape index (κ2) is 38.2. The van der Waals surface area contributed by atoms with Crippen molar-refractivity contribution in [2.24, 2.45) is 11.8 Å². The highest BCUT2D eigenvalue weighted by atomic mass is 127. The number of ether oxygens (including phenoxy) is 14. The highest BCUT2D eigenvalue weighted by molar-refractivity contribution is 14.1. The van der Waals surface area contributed by atoms with Crippen molar-refractivity contribution in [1.29, 1.82) is 0 Å². The van der Waals surface area contributed by atoms with Crippen LogP contribution < -0.4 is 25.0 Å². The summed E-state index contributed by atoms with van der Waals surface area (Å²) in [5.74, 6) is 9.22. The van der Waals surface area contributed by atoms with Crippen molar-refractivity contribution in [3.8, 4) is 40.9 Å². The van der Waals surface area contributed by atoms with E-state index in [9.17, 15) is 59.1 Å². The van der Waals surface area contributed by atoms with Gasteiger partial charge in [-0.2, -0.15) is 5.48 Å². The quantitative estimate of drug-likeness (QED) is 0.00960. The first kappa shape index (κ1) is 82.8. The first-order valence-corrected chi connectivity index (χ1v) is 39.4. The van der Waals surface area contributed by atoms with E-state index < -0.39 is 164 Å². The van der Waals surface area contributed by atoms with Crippen molar-refractivity contribution in [3.63, 3.8) is 0 Å². The van der Waals surface area contributed by atoms with Crippen LogP contribution in [0.4, 0.5) is 9.59 Å². The van der Waals surface area contributed by atoms with Crippen LogP contribution in [-0.2, 0) is 76.1 Å². The van der Waals surface area contributed by atoms with Gasteiger partial charge < -0.3 is 96.7 Å². The standard InChI is InChI=1S/C68H87IN4O27S4/c1-11-72(67(84)94-32-93-62(81)37-19-17-36(18-20-37)29-73-45(76)21-22-46(73)77)40-31-91-47(27-44(40)86-5)98-59-54(79)39(30-92-65(59)97-43-16-14-12-13-15-24-68(85)28-42(75)52(70-66(83)90-9)50(43)38(68)23-25-102-104-101-10)71-100-48-26-41(74)61(35(4)95-48)103-63(82)49-33(2)51(69)57(60(89-8)56(49)87-6)99-64-55(80)58(88-7)53(78)34(3)96-64/h12-13,21-23,34-37,39-41,43-44,47-48,53-55,58-59,61,64-65,71,74,78-80,85H,11,17-20,25-32H2,1-10H3,(H,70,83)/b13-12-,38-23+/t34-,35+,36?,37?,39+,40-,41-,43?,44-,47-,48-,53-,54-,55+,58+,59+,61+,64-,65?,68+/m0/s1. The number of amides is 4. The van der Waals surface area contributed by atoms with Crippen LogP contribution in [0.5, 0.6) is 17.2 Å². The fraction of sp³-hybridized carbons (Fsp3) is 0.632. The zero-order chi connectivity index (χ0) is 75.3. The maximum Gasteiger partial charge on any atom is 0.413 e. The van der Waals surface area contributed by atoms with Crippen LogP contribution in [-0.4, -0.2) is 266 Å². The minimum atomic E-state index is -2.13. The van der Waals surface area contributed by atoms with E-state index >= 15 is 0 Å². The number of esters is 1. The number of hydrogen-bond donors (Lipinski definition) is 7. The number of carbonyl (C=O) groups is 7. The van der Waals surface area contributed by atoms with Crippen LogP contribution in [0, 0.1) is 46.0 Å². The second-order valence-corrected chi connectivity index (χ2v) is 31.8. The van der Waals surface area contributed by atoms with Crippen molar-refractivity contribution < 1.29 is 130 Å². The third-order valence-corrected chi connectivity index (χ3v) is 25.2. The lowest BCUT2D eigenvalue weighted by atomic mass is 9.75. The van der Waals surface area contributed by atoms with Crippen molar-refractivity contribution in [1.82, 2.24) is 20.6 Å². The van der Waals surface area contributed by atoms with Crippen LogP contribution in [0.15, 0.2) is 47.2 Å². The van der Waals surface area contributed by atoms with Gasteiger partial charge >= 0.3 is 18.2 Å². The number of allylic oxidation sites excluding steroid dienone is 3. The molecule has 572 valence electrons. The number of hydroxylamine groups is 1. The monoisotopic (exact) mass is 1650 g/mol. The number of imide groups is 1. The molecule has 7 N–H and O–H groups in total. The number of methoxy groups -OCH3 is 5. The molecule has 18 atom stereocenters. The Morgan fingerprint density at radius 1 is 0.837 bits per heavy atom. The lowest BCUT2D eigenvalue weighted by Gasteiger charge is -2.45. The first-order chi connectivity index (χ1) is 49.8. The summed E-state index contributed by atoms with van der Waals surface area (Å²) in [6.07, 6.45) is -9.53. The minimum Gasteiger partial charge on any atom is -0.492 e. The molecule has 9 rings (SSSR count). The Kier molecular flexibility index (Phi) is 30.4. The van der Waals surface area contributed by atoms with Crippen molar-refractivity contribution in [2.45, 2.75) is 182 Å². The van der Waals surface area contributed by atoms with Gasteiger partial charge in [0.05, 0.1) is 103 Å². The van der Waals surface area contributed by atoms with Gasteiger partial charge in [-0.25, -0.2) is 9.59 Å². The van der Waals surface area contributed by atoms with Crippen LogP contribution in [0.25, 0.3) is 0 Å². The summed E-state index contributed by atoms with van der Waals surface area (Å²) < 4.78 is 83.6. The number of ketones is 1. The average Bonchev–Trinajstić information content (AvgIpc) is 0.953. The van der Waals surface area contributed by atoms with Gasteiger partial charge in [-0.3, -0.25) is 39.0 Å². The van der Waals surface area contributed by atoms with Gasteiger partial charge in [-0.15, -0.1) is 0 Å². The van der Waals surface area contributed by atoms with E-state index in [-0.39, 0.29) is 95.7 Å². The number of benzene rings is 1. The topological polar surface area (TPSA) is 390 Å². The molecular weight excluding hydrogens is 1560 g/mol. The van der Waals surface area contributed by atoms with E-state index in [1.54, 1.807) is 33.8 Å². The lowest BCUT2D eigenvalue weighted by Crippen LogP contribution is -2.62. The van der Waals surface area contributed by atoms with E-state index in [1.165, 1.54) is 94.0 Å². The van der Waals surface area contributed by atoms with Gasteiger partial charge in [0.25, 0.3) is 11.8 Å². The number of nitrogens with one attached hydrogen (secondary N) is 2. The van der Waals surface area contributed by atoms with Gasteiger partial charge in [-0.1, -0.05) is 63.1 Å². The average molecular weight is 1650 g/mol. The molecule has 4 saturated heterocycles. The molecule has 2 bridgehead atoms. The van der Waals surface area contributed by atoms with Crippen molar-refractivity contribution in [3.05, 3.63) is 61.9 Å². The van der Waals surface area contributed by atoms with E-state index in [0.29, 0.717) is 34.8 Å². The molecule has 1 saturated carbocycles. The molecule has 104 heavy (non-hydrogen) atoms. The van der Waals surface area contributed by atoms with Gasteiger partial charge in [0.15, 0.2) is 41.8 Å². The maximum absolute atomic E-state index is 14.5. The lowest BCUT2D eigenvalue weighted by molar-refractivity contribution is -0.325. The molecule has 0 spiro atoms. The Morgan fingerprint density at radius 3 is 2.22 bits per heavy atom. The Labute approximate surface area is 630 Å². The molecule has 0 aromatic heterocycles. The van der Waals surface area contributed by atoms with Crippen LogP contribution in [0.2, 0.25) is 0 Å². The molecule has 0 radical (unpaired) electrons.